The van der Waals surface area contributed by atoms with Crippen molar-refractivity contribution in [1.29, 1.82) is 0 Å². The molecule has 0 N–H and O–H groups in total. The van der Waals surface area contributed by atoms with Gasteiger partial charge in [0.2, 0.25) is 0 Å². The first-order valence-electron chi connectivity index (χ1n) is 17.5. The van der Waals surface area contributed by atoms with Crippen LogP contribution in [-0.2, 0) is 6.42 Å². The van der Waals surface area contributed by atoms with Gasteiger partial charge in [0.25, 0.3) is 0 Å². The molecule has 4 heterocycles. The monoisotopic (exact) mass is 650 g/mol. The number of fused-ring (bicyclic) bond motifs is 9. The Labute approximate surface area is 294 Å². The van der Waals surface area contributed by atoms with E-state index in [1.165, 1.54) is 60.3 Å². The average molecular weight is 651 g/mol. The summed E-state index contributed by atoms with van der Waals surface area (Å²) in [6.45, 7) is 0. The lowest BCUT2D eigenvalue weighted by atomic mass is 10.0. The minimum Gasteiger partial charge on any atom is -0.309 e. The molecule has 0 spiro atoms. The van der Waals surface area contributed by atoms with Gasteiger partial charge in [-0.3, -0.25) is 4.98 Å². The van der Waals surface area contributed by atoms with Crippen LogP contribution in [0.25, 0.3) is 88.8 Å². The van der Waals surface area contributed by atoms with E-state index in [9.17, 15) is 0 Å². The summed E-state index contributed by atoms with van der Waals surface area (Å²) in [4.78, 5) is 10.4. The molecule has 0 atom stereocenters. The first-order valence-corrected chi connectivity index (χ1v) is 17.5. The lowest BCUT2D eigenvalue weighted by molar-refractivity contribution is 1.18. The van der Waals surface area contributed by atoms with Crippen LogP contribution in [0.5, 0.6) is 0 Å². The topological polar surface area (TPSA) is 35.6 Å². The summed E-state index contributed by atoms with van der Waals surface area (Å²) in [7, 11) is 0. The van der Waals surface area contributed by atoms with Gasteiger partial charge in [0.05, 0.1) is 39.1 Å². The highest BCUT2D eigenvalue weighted by Crippen LogP contribution is 2.42. The number of hydrogen-bond donors (Lipinski definition) is 0. The Morgan fingerprint density at radius 2 is 1.08 bits per heavy atom. The molecule has 4 aromatic heterocycles. The van der Waals surface area contributed by atoms with Crippen molar-refractivity contribution in [3.8, 4) is 45.1 Å². The predicted molar refractivity (Wildman–Crippen MR) is 210 cm³/mol. The Balaban J connectivity index is 1.03. The number of rotatable bonds is 4. The van der Waals surface area contributed by atoms with Crippen molar-refractivity contribution in [2.75, 3.05) is 0 Å². The van der Waals surface area contributed by atoms with Crippen molar-refractivity contribution in [2.24, 2.45) is 0 Å². The van der Waals surface area contributed by atoms with Gasteiger partial charge in [-0.1, -0.05) is 109 Å². The van der Waals surface area contributed by atoms with Crippen molar-refractivity contribution in [1.82, 2.24) is 19.1 Å². The van der Waals surface area contributed by atoms with Gasteiger partial charge in [0.1, 0.15) is 0 Å². The van der Waals surface area contributed by atoms with Crippen molar-refractivity contribution in [2.45, 2.75) is 6.42 Å². The number of pyridine rings is 2. The number of hydrogen-bond acceptors (Lipinski definition) is 2. The third-order valence-corrected chi connectivity index (χ3v) is 10.6. The van der Waals surface area contributed by atoms with Crippen LogP contribution in [0.15, 0.2) is 170 Å². The molecule has 4 nitrogen and oxygen atoms in total. The van der Waals surface area contributed by atoms with Crippen LogP contribution in [-0.4, -0.2) is 19.1 Å². The third kappa shape index (κ3) is 4.20. The SMILES string of the molecule is c1ccc(-n2c3ccccc3c3ccc(-c4ccc5c(n4)-c4ncc(-c6cccc7c8ccccc8n(-c8ccccc8)c67)cc4C5)cc32)cc1. The number of aromatic nitrogens is 4. The summed E-state index contributed by atoms with van der Waals surface area (Å²) < 4.78 is 4.75. The van der Waals surface area contributed by atoms with Gasteiger partial charge < -0.3 is 9.13 Å². The Morgan fingerprint density at radius 1 is 0.431 bits per heavy atom. The van der Waals surface area contributed by atoms with E-state index in [-0.39, 0.29) is 0 Å². The average Bonchev–Trinajstić information content (AvgIpc) is 3.85. The van der Waals surface area contributed by atoms with Crippen molar-refractivity contribution in [3.05, 3.63) is 181 Å². The van der Waals surface area contributed by atoms with Crippen molar-refractivity contribution in [3.63, 3.8) is 0 Å². The molecule has 0 saturated heterocycles. The standard InChI is InChI=1S/C47H30N4/c1-3-12-34(13-4-1)50-42-20-9-7-16-37(42)39-24-22-30(28-44(39)50)41-25-23-31-26-32-27-33(29-48-45(32)46(31)49-41)36-18-11-19-40-38-17-8-10-21-43(38)51(47(36)40)35-14-5-2-6-15-35/h1-25,27-29H,26H2. The van der Waals surface area contributed by atoms with Crippen LogP contribution in [0, 0.1) is 0 Å². The van der Waals surface area contributed by atoms with Gasteiger partial charge in [-0.2, -0.15) is 0 Å². The van der Waals surface area contributed by atoms with Crippen LogP contribution in [0.1, 0.15) is 11.1 Å². The van der Waals surface area contributed by atoms with Crippen LogP contribution >= 0.6 is 0 Å². The second-order valence-electron chi connectivity index (χ2n) is 13.4. The fraction of sp³-hybridized carbons (Fsp3) is 0.0213. The molecule has 11 rings (SSSR count). The zero-order valence-corrected chi connectivity index (χ0v) is 27.7. The van der Waals surface area contributed by atoms with Crippen molar-refractivity contribution >= 4 is 43.6 Å². The number of nitrogens with zero attached hydrogens (tertiary/aromatic N) is 4. The summed E-state index contributed by atoms with van der Waals surface area (Å²) in [6, 6.07) is 58.7. The number of para-hydroxylation sites is 5. The van der Waals surface area contributed by atoms with Gasteiger partial charge in [-0.15, -0.1) is 0 Å². The quantitative estimate of drug-likeness (QED) is 0.190. The van der Waals surface area contributed by atoms with Crippen LogP contribution in [0.2, 0.25) is 0 Å². The summed E-state index contributed by atoms with van der Waals surface area (Å²) >= 11 is 0. The minimum absolute atomic E-state index is 0.817. The molecule has 10 aromatic rings. The van der Waals surface area contributed by atoms with Gasteiger partial charge in [0.15, 0.2) is 0 Å². The fourth-order valence-corrected chi connectivity index (χ4v) is 8.29. The van der Waals surface area contributed by atoms with E-state index in [0.29, 0.717) is 0 Å². The molecule has 1 aliphatic carbocycles. The molecule has 0 unspecified atom stereocenters. The van der Waals surface area contributed by atoms with E-state index in [4.69, 9.17) is 9.97 Å². The molecule has 0 bridgehead atoms. The summed E-state index contributed by atoms with van der Waals surface area (Å²) in [6.07, 6.45) is 2.85. The third-order valence-electron chi connectivity index (χ3n) is 10.6. The molecule has 0 aliphatic heterocycles. The highest BCUT2D eigenvalue weighted by Gasteiger charge is 2.24. The summed E-state index contributed by atoms with van der Waals surface area (Å²) in [5.41, 5.74) is 15.8. The normalized spacial score (nSPS) is 12.2. The Hall–Kier alpha value is -6.78. The fourth-order valence-electron chi connectivity index (χ4n) is 8.29. The van der Waals surface area contributed by atoms with E-state index >= 15 is 0 Å². The van der Waals surface area contributed by atoms with Gasteiger partial charge in [-0.25, -0.2) is 4.98 Å². The zero-order valence-electron chi connectivity index (χ0n) is 27.7. The predicted octanol–water partition coefficient (Wildman–Crippen LogP) is 11.6. The van der Waals surface area contributed by atoms with Gasteiger partial charge >= 0.3 is 0 Å². The molecular weight excluding hydrogens is 621 g/mol. The van der Waals surface area contributed by atoms with Gasteiger partial charge in [-0.05, 0) is 65.7 Å². The second kappa shape index (κ2) is 10.9. The van der Waals surface area contributed by atoms with Crippen LogP contribution in [0.3, 0.4) is 0 Å². The van der Waals surface area contributed by atoms with E-state index < -0.39 is 0 Å². The lowest BCUT2D eigenvalue weighted by Gasteiger charge is -2.12. The second-order valence-corrected chi connectivity index (χ2v) is 13.4. The molecule has 0 fully saturated rings. The van der Waals surface area contributed by atoms with Gasteiger partial charge in [0, 0.05) is 62.2 Å². The highest BCUT2D eigenvalue weighted by molar-refractivity contribution is 6.14. The highest BCUT2D eigenvalue weighted by atomic mass is 15.0. The molecule has 0 saturated carbocycles. The first kappa shape index (κ1) is 28.1. The maximum atomic E-state index is 5.29. The van der Waals surface area contributed by atoms with E-state index in [1.54, 1.807) is 0 Å². The Bertz CT molecular complexity index is 2990. The molecular formula is C47H30N4. The largest absolute Gasteiger partial charge is 0.309 e. The molecule has 4 heteroatoms. The molecule has 238 valence electrons. The zero-order chi connectivity index (χ0) is 33.5. The maximum Gasteiger partial charge on any atom is 0.0931 e. The van der Waals surface area contributed by atoms with Crippen molar-refractivity contribution < 1.29 is 0 Å². The van der Waals surface area contributed by atoms with Crippen LogP contribution in [0.4, 0.5) is 0 Å². The first-order chi connectivity index (χ1) is 25.3. The molecule has 1 aliphatic rings. The summed E-state index contributed by atoms with van der Waals surface area (Å²) in [5, 5.41) is 4.97. The van der Waals surface area contributed by atoms with E-state index in [2.05, 4.69) is 173 Å². The van der Waals surface area contributed by atoms with E-state index in [1.807, 2.05) is 6.20 Å². The molecule has 6 aromatic carbocycles. The molecule has 0 amide bonds. The van der Waals surface area contributed by atoms with Crippen LogP contribution < -0.4 is 0 Å². The number of benzene rings is 6. The molecule has 0 radical (unpaired) electrons. The smallest absolute Gasteiger partial charge is 0.0931 e. The minimum atomic E-state index is 0.817. The van der Waals surface area contributed by atoms with E-state index in [0.717, 1.165) is 46.0 Å². The maximum absolute atomic E-state index is 5.29. The summed E-state index contributed by atoms with van der Waals surface area (Å²) in [5.74, 6) is 0. The molecule has 51 heavy (non-hydrogen) atoms. The Kier molecular flexibility index (Phi) is 5.98. The lowest BCUT2D eigenvalue weighted by Crippen LogP contribution is -1.96. The Morgan fingerprint density at radius 3 is 1.86 bits per heavy atom.